The zero-order valence-electron chi connectivity index (χ0n) is 10.2. The lowest BCUT2D eigenvalue weighted by atomic mass is 10.1. The Morgan fingerprint density at radius 1 is 1.17 bits per heavy atom. The van der Waals surface area contributed by atoms with Crippen molar-refractivity contribution in [1.82, 2.24) is 4.98 Å². The molecule has 0 saturated heterocycles. The molecule has 1 unspecified atom stereocenters. The minimum absolute atomic E-state index is 0.212. The van der Waals surface area contributed by atoms with Crippen molar-refractivity contribution in [2.24, 2.45) is 0 Å². The molecule has 2 nitrogen and oxygen atoms in total. The molecular formula is C14H14BrClN2. The lowest BCUT2D eigenvalue weighted by Crippen LogP contribution is -2.08. The van der Waals surface area contributed by atoms with Crippen molar-refractivity contribution in [3.8, 4) is 0 Å². The van der Waals surface area contributed by atoms with Gasteiger partial charge in [0.2, 0.25) is 0 Å². The molecule has 1 aromatic carbocycles. The van der Waals surface area contributed by atoms with E-state index in [1.165, 1.54) is 5.56 Å². The molecule has 0 radical (unpaired) electrons. The Morgan fingerprint density at radius 3 is 2.44 bits per heavy atom. The van der Waals surface area contributed by atoms with Crippen molar-refractivity contribution in [3.05, 3.63) is 57.3 Å². The van der Waals surface area contributed by atoms with Gasteiger partial charge in [-0.1, -0.05) is 23.7 Å². The number of aryl methyl sites for hydroxylation is 1. The summed E-state index contributed by atoms with van der Waals surface area (Å²) >= 11 is 9.25. The van der Waals surface area contributed by atoms with Gasteiger partial charge in [-0.15, -0.1) is 0 Å². The first-order valence-corrected chi connectivity index (χ1v) is 6.88. The molecule has 1 aromatic heterocycles. The topological polar surface area (TPSA) is 24.9 Å². The Labute approximate surface area is 121 Å². The Morgan fingerprint density at radius 2 is 1.83 bits per heavy atom. The minimum atomic E-state index is 0.212. The number of nitrogens with zero attached hydrogens (tertiary/aromatic N) is 1. The van der Waals surface area contributed by atoms with Crippen LogP contribution < -0.4 is 5.32 Å². The van der Waals surface area contributed by atoms with Crippen molar-refractivity contribution >= 4 is 33.2 Å². The van der Waals surface area contributed by atoms with Crippen LogP contribution in [-0.4, -0.2) is 4.98 Å². The van der Waals surface area contributed by atoms with Crippen LogP contribution in [0.1, 0.15) is 24.2 Å². The SMILES string of the molecule is Cc1nc(Br)ccc1NC(C)c1ccc(Cl)cc1. The molecule has 0 aliphatic carbocycles. The number of hydrogen-bond acceptors (Lipinski definition) is 2. The third kappa shape index (κ3) is 3.24. The van der Waals surface area contributed by atoms with E-state index in [4.69, 9.17) is 11.6 Å². The lowest BCUT2D eigenvalue weighted by molar-refractivity contribution is 0.878. The maximum Gasteiger partial charge on any atom is 0.106 e. The molecule has 2 rings (SSSR count). The van der Waals surface area contributed by atoms with Gasteiger partial charge in [0.1, 0.15) is 4.60 Å². The van der Waals surface area contributed by atoms with E-state index in [-0.39, 0.29) is 6.04 Å². The first-order chi connectivity index (χ1) is 8.56. The van der Waals surface area contributed by atoms with E-state index in [0.717, 1.165) is 21.0 Å². The summed E-state index contributed by atoms with van der Waals surface area (Å²) < 4.78 is 0.852. The fraction of sp³-hybridized carbons (Fsp3) is 0.214. The molecule has 0 fully saturated rings. The number of halogens is 2. The van der Waals surface area contributed by atoms with E-state index in [1.54, 1.807) is 0 Å². The van der Waals surface area contributed by atoms with Crippen LogP contribution in [0.3, 0.4) is 0 Å². The standard InChI is InChI=1S/C14H14BrClN2/c1-9(11-3-5-12(16)6-4-11)17-13-7-8-14(15)18-10(13)2/h3-9,17H,1-2H3. The van der Waals surface area contributed by atoms with Crippen molar-refractivity contribution in [2.45, 2.75) is 19.9 Å². The van der Waals surface area contributed by atoms with Crippen LogP contribution in [0.2, 0.25) is 5.02 Å². The van der Waals surface area contributed by atoms with Crippen LogP contribution in [0.25, 0.3) is 0 Å². The van der Waals surface area contributed by atoms with Crippen LogP contribution in [-0.2, 0) is 0 Å². The van der Waals surface area contributed by atoms with E-state index in [0.29, 0.717) is 0 Å². The Bertz CT molecular complexity index is 540. The zero-order valence-corrected chi connectivity index (χ0v) is 12.6. The fourth-order valence-electron chi connectivity index (χ4n) is 1.75. The fourth-order valence-corrected chi connectivity index (χ4v) is 2.28. The van der Waals surface area contributed by atoms with Crippen molar-refractivity contribution < 1.29 is 0 Å². The summed E-state index contributed by atoms with van der Waals surface area (Å²) in [7, 11) is 0. The summed E-state index contributed by atoms with van der Waals surface area (Å²) in [4.78, 5) is 4.37. The van der Waals surface area contributed by atoms with E-state index < -0.39 is 0 Å². The maximum atomic E-state index is 5.88. The van der Waals surface area contributed by atoms with Gasteiger partial charge in [-0.05, 0) is 59.6 Å². The van der Waals surface area contributed by atoms with E-state index in [1.807, 2.05) is 43.3 Å². The molecule has 0 aliphatic rings. The molecule has 4 heteroatoms. The number of hydrogen-bond donors (Lipinski definition) is 1. The number of nitrogens with one attached hydrogen (secondary N) is 1. The molecule has 0 spiro atoms. The minimum Gasteiger partial charge on any atom is -0.377 e. The first kappa shape index (κ1) is 13.4. The van der Waals surface area contributed by atoms with Gasteiger partial charge in [0, 0.05) is 11.1 Å². The smallest absolute Gasteiger partial charge is 0.106 e. The van der Waals surface area contributed by atoms with Crippen LogP contribution in [0, 0.1) is 6.92 Å². The zero-order chi connectivity index (χ0) is 13.1. The van der Waals surface area contributed by atoms with Crippen molar-refractivity contribution in [1.29, 1.82) is 0 Å². The molecule has 1 heterocycles. The first-order valence-electron chi connectivity index (χ1n) is 5.71. The highest BCUT2D eigenvalue weighted by Gasteiger charge is 2.07. The number of rotatable bonds is 3. The number of aromatic nitrogens is 1. The predicted molar refractivity (Wildman–Crippen MR) is 80.2 cm³/mol. The molecule has 0 saturated carbocycles. The normalized spacial score (nSPS) is 12.2. The predicted octanol–water partition coefficient (Wildman–Crippen LogP) is 4.98. The Kier molecular flexibility index (Phi) is 4.25. The van der Waals surface area contributed by atoms with Crippen LogP contribution >= 0.6 is 27.5 Å². The highest BCUT2D eigenvalue weighted by atomic mass is 79.9. The highest BCUT2D eigenvalue weighted by Crippen LogP contribution is 2.23. The van der Waals surface area contributed by atoms with Gasteiger partial charge in [0.05, 0.1) is 11.4 Å². The largest absolute Gasteiger partial charge is 0.377 e. The van der Waals surface area contributed by atoms with Gasteiger partial charge in [-0.2, -0.15) is 0 Å². The average molecular weight is 326 g/mol. The van der Waals surface area contributed by atoms with Gasteiger partial charge < -0.3 is 5.32 Å². The van der Waals surface area contributed by atoms with Crippen LogP contribution in [0.5, 0.6) is 0 Å². The molecule has 1 N–H and O–H groups in total. The van der Waals surface area contributed by atoms with E-state index in [2.05, 4.69) is 33.2 Å². The Balaban J connectivity index is 2.15. The molecule has 0 aliphatic heterocycles. The highest BCUT2D eigenvalue weighted by molar-refractivity contribution is 9.10. The number of anilines is 1. The van der Waals surface area contributed by atoms with Crippen molar-refractivity contribution in [2.75, 3.05) is 5.32 Å². The summed E-state index contributed by atoms with van der Waals surface area (Å²) in [5, 5.41) is 4.20. The van der Waals surface area contributed by atoms with Gasteiger partial charge in [-0.25, -0.2) is 4.98 Å². The van der Waals surface area contributed by atoms with E-state index >= 15 is 0 Å². The van der Waals surface area contributed by atoms with Gasteiger partial charge in [0.25, 0.3) is 0 Å². The van der Waals surface area contributed by atoms with Crippen LogP contribution in [0.15, 0.2) is 41.0 Å². The van der Waals surface area contributed by atoms with Gasteiger partial charge in [0.15, 0.2) is 0 Å². The molecule has 94 valence electrons. The third-order valence-corrected chi connectivity index (χ3v) is 3.49. The summed E-state index contributed by atoms with van der Waals surface area (Å²) in [5.41, 5.74) is 3.22. The lowest BCUT2D eigenvalue weighted by Gasteiger charge is -2.17. The monoisotopic (exact) mass is 324 g/mol. The summed E-state index contributed by atoms with van der Waals surface area (Å²) in [5.74, 6) is 0. The summed E-state index contributed by atoms with van der Waals surface area (Å²) in [6.07, 6.45) is 0. The quantitative estimate of drug-likeness (QED) is 0.805. The van der Waals surface area contributed by atoms with Gasteiger partial charge in [-0.3, -0.25) is 0 Å². The molecular weight excluding hydrogens is 312 g/mol. The second-order valence-corrected chi connectivity index (χ2v) is 5.43. The molecule has 0 bridgehead atoms. The second-order valence-electron chi connectivity index (χ2n) is 4.18. The molecule has 2 aromatic rings. The van der Waals surface area contributed by atoms with Gasteiger partial charge >= 0.3 is 0 Å². The molecule has 18 heavy (non-hydrogen) atoms. The van der Waals surface area contributed by atoms with Crippen molar-refractivity contribution in [3.63, 3.8) is 0 Å². The van der Waals surface area contributed by atoms with Crippen LogP contribution in [0.4, 0.5) is 5.69 Å². The Hall–Kier alpha value is -1.06. The third-order valence-electron chi connectivity index (χ3n) is 2.79. The number of benzene rings is 1. The number of pyridine rings is 1. The second kappa shape index (κ2) is 5.72. The van der Waals surface area contributed by atoms with E-state index in [9.17, 15) is 0 Å². The maximum absolute atomic E-state index is 5.88. The average Bonchev–Trinajstić information content (AvgIpc) is 2.33. The summed E-state index contributed by atoms with van der Waals surface area (Å²) in [6, 6.07) is 12.0. The molecule has 0 amide bonds. The summed E-state index contributed by atoms with van der Waals surface area (Å²) in [6.45, 7) is 4.10. The molecule has 1 atom stereocenters.